The fourth-order valence-corrected chi connectivity index (χ4v) is 3.50. The number of anilines is 1. The zero-order valence-corrected chi connectivity index (χ0v) is 16.2. The van der Waals surface area contributed by atoms with Gasteiger partial charge in [0.05, 0.1) is 25.0 Å². The van der Waals surface area contributed by atoms with E-state index in [0.717, 1.165) is 0 Å². The number of hydrogen-bond donors (Lipinski definition) is 1. The molecule has 0 saturated heterocycles. The van der Waals surface area contributed by atoms with Gasteiger partial charge in [-0.1, -0.05) is 24.3 Å². The molecule has 3 aromatic rings. The number of nitrogens with one attached hydrogen (secondary N) is 1. The molecule has 30 heavy (non-hydrogen) atoms. The van der Waals surface area contributed by atoms with Crippen molar-refractivity contribution in [3.63, 3.8) is 0 Å². The van der Waals surface area contributed by atoms with Crippen LogP contribution in [0.3, 0.4) is 0 Å². The average Bonchev–Trinajstić information content (AvgIpc) is 3.24. The number of halogens is 2. The lowest BCUT2D eigenvalue weighted by atomic mass is 10.0. The topological polar surface area (TPSA) is 63.9 Å². The molecule has 0 radical (unpaired) electrons. The van der Waals surface area contributed by atoms with Crippen LogP contribution in [0.4, 0.5) is 14.5 Å². The van der Waals surface area contributed by atoms with E-state index in [4.69, 9.17) is 13.9 Å². The summed E-state index contributed by atoms with van der Waals surface area (Å²) in [7, 11) is 0. The van der Waals surface area contributed by atoms with Gasteiger partial charge in [0.25, 0.3) is 5.91 Å². The summed E-state index contributed by atoms with van der Waals surface area (Å²) in [6, 6.07) is 15.4. The molecule has 1 amide bonds. The Balaban J connectivity index is 1.82. The molecule has 6 nitrogen and oxygen atoms in total. The molecule has 0 spiro atoms. The number of carbonyl (C=O) groups excluding carboxylic acids is 1. The van der Waals surface area contributed by atoms with Crippen molar-refractivity contribution >= 4 is 11.6 Å². The molecule has 1 N–H and O–H groups in total. The smallest absolute Gasteiger partial charge is 0.387 e. The highest BCUT2D eigenvalue weighted by Crippen LogP contribution is 2.42. The lowest BCUT2D eigenvalue weighted by molar-refractivity contribution is -0.0526. The van der Waals surface area contributed by atoms with Crippen LogP contribution < -0.4 is 14.8 Å². The molecular formula is C22H20F2N2O4. The molecule has 1 unspecified atom stereocenters. The minimum absolute atomic E-state index is 0.108. The van der Waals surface area contributed by atoms with E-state index < -0.39 is 12.8 Å². The first kappa shape index (κ1) is 19.8. The van der Waals surface area contributed by atoms with Crippen molar-refractivity contribution in [1.29, 1.82) is 0 Å². The highest BCUT2D eigenvalue weighted by Gasteiger charge is 2.36. The number of para-hydroxylation sites is 2. The second-order valence-corrected chi connectivity index (χ2v) is 6.59. The molecule has 2 aromatic carbocycles. The molecule has 4 rings (SSSR count). The number of fused-ring (bicyclic) bond motifs is 1. The molecule has 1 aliphatic rings. The summed E-state index contributed by atoms with van der Waals surface area (Å²) < 4.78 is 42.2. The van der Waals surface area contributed by atoms with Crippen LogP contribution in [0, 0.1) is 0 Å². The average molecular weight is 414 g/mol. The Bertz CT molecular complexity index is 1020. The largest absolute Gasteiger partial charge is 0.490 e. The predicted octanol–water partition coefficient (Wildman–Crippen LogP) is 5.05. The molecule has 1 aromatic heterocycles. The fourth-order valence-electron chi connectivity index (χ4n) is 3.50. The van der Waals surface area contributed by atoms with Crippen LogP contribution in [0.5, 0.6) is 11.5 Å². The minimum Gasteiger partial charge on any atom is -0.490 e. The van der Waals surface area contributed by atoms with Crippen LogP contribution in [0.15, 0.2) is 65.3 Å². The summed E-state index contributed by atoms with van der Waals surface area (Å²) in [5, 5.41) is 3.27. The van der Waals surface area contributed by atoms with Gasteiger partial charge in [0.2, 0.25) is 0 Å². The monoisotopic (exact) mass is 414 g/mol. The summed E-state index contributed by atoms with van der Waals surface area (Å²) in [4.78, 5) is 14.8. The Morgan fingerprint density at radius 1 is 1.13 bits per heavy atom. The number of furan rings is 1. The van der Waals surface area contributed by atoms with Gasteiger partial charge in [0.15, 0.2) is 11.5 Å². The molecule has 8 heteroatoms. The van der Waals surface area contributed by atoms with Crippen LogP contribution in [0.1, 0.15) is 34.8 Å². The summed E-state index contributed by atoms with van der Waals surface area (Å²) in [6.07, 6.45) is 0.743. The number of benzene rings is 2. The van der Waals surface area contributed by atoms with E-state index in [0.29, 0.717) is 22.6 Å². The number of hydrogen-bond acceptors (Lipinski definition) is 5. The molecule has 1 atom stereocenters. The lowest BCUT2D eigenvalue weighted by Gasteiger charge is -2.38. The maximum Gasteiger partial charge on any atom is 0.387 e. The molecule has 0 saturated carbocycles. The highest BCUT2D eigenvalue weighted by molar-refractivity contribution is 6.01. The van der Waals surface area contributed by atoms with Crippen LogP contribution in [0.25, 0.3) is 0 Å². The van der Waals surface area contributed by atoms with Crippen molar-refractivity contribution in [2.24, 2.45) is 0 Å². The van der Waals surface area contributed by atoms with Crippen LogP contribution in [-0.2, 0) is 6.54 Å². The predicted molar refractivity (Wildman–Crippen MR) is 106 cm³/mol. The SMILES string of the molecule is CCOc1cccc(C2Nc3ccccc3C(=O)N2Cc2ccco2)c1OC(F)F. The third-order valence-corrected chi connectivity index (χ3v) is 4.74. The van der Waals surface area contributed by atoms with Gasteiger partial charge in [0, 0.05) is 11.3 Å². The third kappa shape index (κ3) is 3.80. The molecule has 1 aliphatic heterocycles. The van der Waals surface area contributed by atoms with Gasteiger partial charge >= 0.3 is 6.61 Å². The molecule has 0 bridgehead atoms. The van der Waals surface area contributed by atoms with Crippen LogP contribution >= 0.6 is 0 Å². The number of alkyl halides is 2. The first-order valence-electron chi connectivity index (χ1n) is 9.48. The van der Waals surface area contributed by atoms with Gasteiger partial charge in [-0.2, -0.15) is 8.78 Å². The quantitative estimate of drug-likeness (QED) is 0.586. The first-order valence-corrected chi connectivity index (χ1v) is 9.48. The summed E-state index contributed by atoms with van der Waals surface area (Å²) in [5.74, 6) is 0.382. The van der Waals surface area contributed by atoms with Gasteiger partial charge in [0.1, 0.15) is 11.9 Å². The maximum atomic E-state index is 13.3. The van der Waals surface area contributed by atoms with Crippen molar-refractivity contribution in [2.45, 2.75) is 26.2 Å². The van der Waals surface area contributed by atoms with Gasteiger partial charge in [-0.05, 0) is 37.3 Å². The molecule has 0 aliphatic carbocycles. The minimum atomic E-state index is -3.05. The number of amides is 1. The van der Waals surface area contributed by atoms with Crippen LogP contribution in [0.2, 0.25) is 0 Å². The standard InChI is InChI=1S/C22H20F2N2O4/c1-2-28-18-11-5-9-16(19(18)30-22(23)24)20-25-17-10-4-3-8-15(17)21(27)26(20)13-14-7-6-12-29-14/h3-12,20,22,25H,2,13H2,1H3. The van der Waals surface area contributed by atoms with E-state index in [1.165, 1.54) is 11.2 Å². The Labute approximate surface area is 172 Å². The van der Waals surface area contributed by atoms with E-state index in [9.17, 15) is 13.6 Å². The highest BCUT2D eigenvalue weighted by atomic mass is 19.3. The Kier molecular flexibility index (Phi) is 5.56. The molecule has 0 fully saturated rings. The van der Waals surface area contributed by atoms with Crippen molar-refractivity contribution < 1.29 is 27.5 Å². The number of rotatable bonds is 7. The van der Waals surface area contributed by atoms with Gasteiger partial charge < -0.3 is 24.1 Å². The van der Waals surface area contributed by atoms with E-state index >= 15 is 0 Å². The lowest BCUT2D eigenvalue weighted by Crippen LogP contribution is -2.42. The molecule has 2 heterocycles. The summed E-state index contributed by atoms with van der Waals surface area (Å²) in [5.41, 5.74) is 1.45. The summed E-state index contributed by atoms with van der Waals surface area (Å²) in [6.45, 7) is -0.875. The number of nitrogens with zero attached hydrogens (tertiary/aromatic N) is 1. The third-order valence-electron chi connectivity index (χ3n) is 4.74. The van der Waals surface area contributed by atoms with Gasteiger partial charge in [-0.3, -0.25) is 4.79 Å². The van der Waals surface area contributed by atoms with Crippen molar-refractivity contribution in [1.82, 2.24) is 4.90 Å². The molecule has 156 valence electrons. The van der Waals surface area contributed by atoms with Gasteiger partial charge in [-0.15, -0.1) is 0 Å². The fraction of sp³-hybridized carbons (Fsp3) is 0.227. The maximum absolute atomic E-state index is 13.3. The Hall–Kier alpha value is -3.55. The second-order valence-electron chi connectivity index (χ2n) is 6.59. The second kappa shape index (κ2) is 8.44. The van der Waals surface area contributed by atoms with Crippen LogP contribution in [-0.4, -0.2) is 24.0 Å². The van der Waals surface area contributed by atoms with E-state index in [-0.39, 0.29) is 30.6 Å². The summed E-state index contributed by atoms with van der Waals surface area (Å²) >= 11 is 0. The Morgan fingerprint density at radius 3 is 2.70 bits per heavy atom. The van der Waals surface area contributed by atoms with Gasteiger partial charge in [-0.25, -0.2) is 0 Å². The number of carbonyl (C=O) groups is 1. The van der Waals surface area contributed by atoms with Crippen molar-refractivity contribution in [3.8, 4) is 11.5 Å². The molecular weight excluding hydrogens is 394 g/mol. The van der Waals surface area contributed by atoms with Crippen molar-refractivity contribution in [2.75, 3.05) is 11.9 Å². The Morgan fingerprint density at radius 2 is 1.97 bits per heavy atom. The number of ether oxygens (including phenoxy) is 2. The zero-order chi connectivity index (χ0) is 21.1. The van der Waals surface area contributed by atoms with E-state index in [1.54, 1.807) is 61.5 Å². The first-order chi connectivity index (χ1) is 14.6. The zero-order valence-electron chi connectivity index (χ0n) is 16.2. The van der Waals surface area contributed by atoms with E-state index in [1.807, 2.05) is 0 Å². The normalized spacial score (nSPS) is 15.7. The van der Waals surface area contributed by atoms with Crippen molar-refractivity contribution in [3.05, 3.63) is 77.7 Å². The van der Waals surface area contributed by atoms with E-state index in [2.05, 4.69) is 5.32 Å².